The van der Waals surface area contributed by atoms with Gasteiger partial charge < -0.3 is 5.32 Å². The second-order valence-electron chi connectivity index (χ2n) is 4.18. The Kier molecular flexibility index (Phi) is 4.48. The molecule has 2 rings (SSSR count). The zero-order valence-electron chi connectivity index (χ0n) is 10.2. The third-order valence-corrected chi connectivity index (χ3v) is 4.36. The van der Waals surface area contributed by atoms with E-state index < -0.39 is 0 Å². The molecule has 0 spiro atoms. The zero-order chi connectivity index (χ0) is 13.1. The van der Waals surface area contributed by atoms with E-state index in [9.17, 15) is 4.39 Å². The fraction of sp³-hybridized carbons (Fsp3) is 0.308. The number of benzene rings is 1. The molecule has 0 saturated carbocycles. The van der Waals surface area contributed by atoms with Crippen LogP contribution in [0.25, 0.3) is 0 Å². The molecule has 0 radical (unpaired) electrons. The van der Waals surface area contributed by atoms with E-state index in [2.05, 4.69) is 33.2 Å². The zero-order valence-corrected chi connectivity index (χ0v) is 12.6. The summed E-state index contributed by atoms with van der Waals surface area (Å²) >= 11 is 4.84. The van der Waals surface area contributed by atoms with Gasteiger partial charge in [-0.1, -0.05) is 6.07 Å². The van der Waals surface area contributed by atoms with Crippen molar-refractivity contribution in [3.63, 3.8) is 0 Å². The van der Waals surface area contributed by atoms with Crippen LogP contribution in [-0.4, -0.2) is 4.98 Å². The summed E-state index contributed by atoms with van der Waals surface area (Å²) in [6, 6.07) is 5.25. The van der Waals surface area contributed by atoms with Crippen molar-refractivity contribution in [3.8, 4) is 0 Å². The molecular formula is C13H14BrFN2S. The average molecular weight is 329 g/mol. The lowest BCUT2D eigenvalue weighted by Gasteiger charge is -2.11. The number of thiazole rings is 1. The minimum atomic E-state index is -0.234. The van der Waals surface area contributed by atoms with Crippen LogP contribution in [0.2, 0.25) is 0 Å². The Labute approximate surface area is 118 Å². The predicted molar refractivity (Wildman–Crippen MR) is 76.2 cm³/mol. The lowest BCUT2D eigenvalue weighted by Crippen LogP contribution is -2.18. The molecule has 1 unspecified atom stereocenters. The van der Waals surface area contributed by atoms with E-state index in [1.807, 2.05) is 12.3 Å². The fourth-order valence-corrected chi connectivity index (χ4v) is 2.83. The van der Waals surface area contributed by atoms with Crippen LogP contribution in [0.15, 0.2) is 28.1 Å². The molecule has 18 heavy (non-hydrogen) atoms. The minimum absolute atomic E-state index is 0.201. The van der Waals surface area contributed by atoms with Gasteiger partial charge in [0.05, 0.1) is 10.5 Å². The number of nitrogens with zero attached hydrogens (tertiary/aromatic N) is 1. The van der Waals surface area contributed by atoms with E-state index in [0.717, 1.165) is 16.3 Å². The van der Waals surface area contributed by atoms with Crippen LogP contribution in [-0.2, 0) is 6.54 Å². The van der Waals surface area contributed by atoms with Gasteiger partial charge in [-0.05, 0) is 47.5 Å². The van der Waals surface area contributed by atoms with Gasteiger partial charge in [-0.15, -0.1) is 11.3 Å². The first-order chi connectivity index (χ1) is 8.56. The molecule has 0 aliphatic heterocycles. The summed E-state index contributed by atoms with van der Waals surface area (Å²) in [6.07, 6.45) is 0. The quantitative estimate of drug-likeness (QED) is 0.909. The topological polar surface area (TPSA) is 24.9 Å². The summed E-state index contributed by atoms with van der Waals surface area (Å²) < 4.78 is 13.6. The largest absolute Gasteiger partial charge is 0.304 e. The van der Waals surface area contributed by atoms with Gasteiger partial charge in [-0.3, -0.25) is 0 Å². The summed E-state index contributed by atoms with van der Waals surface area (Å²) in [5.74, 6) is -0.234. The molecule has 2 nitrogen and oxygen atoms in total. The van der Waals surface area contributed by atoms with Crippen LogP contribution in [0.3, 0.4) is 0 Å². The van der Waals surface area contributed by atoms with Gasteiger partial charge in [-0.25, -0.2) is 9.37 Å². The van der Waals surface area contributed by atoms with Gasteiger partial charge in [0.2, 0.25) is 0 Å². The number of halogens is 2. The van der Waals surface area contributed by atoms with E-state index in [0.29, 0.717) is 11.0 Å². The first-order valence-corrected chi connectivity index (χ1v) is 7.33. The lowest BCUT2D eigenvalue weighted by atomic mass is 10.2. The van der Waals surface area contributed by atoms with Crippen molar-refractivity contribution in [2.24, 2.45) is 0 Å². The monoisotopic (exact) mass is 328 g/mol. The maximum Gasteiger partial charge on any atom is 0.137 e. The van der Waals surface area contributed by atoms with E-state index in [1.165, 1.54) is 6.07 Å². The third-order valence-electron chi connectivity index (χ3n) is 2.60. The highest BCUT2D eigenvalue weighted by molar-refractivity contribution is 9.10. The number of rotatable bonds is 4. The van der Waals surface area contributed by atoms with Gasteiger partial charge >= 0.3 is 0 Å². The van der Waals surface area contributed by atoms with Crippen molar-refractivity contribution in [1.82, 2.24) is 10.3 Å². The predicted octanol–water partition coefficient (Wildman–Crippen LogP) is 4.20. The summed E-state index contributed by atoms with van der Waals surface area (Å²) in [5, 5.41) is 6.50. The number of nitrogens with one attached hydrogen (secondary N) is 1. The molecule has 96 valence electrons. The Morgan fingerprint density at radius 3 is 2.89 bits per heavy atom. The Hall–Kier alpha value is -0.780. The van der Waals surface area contributed by atoms with E-state index in [4.69, 9.17) is 0 Å². The van der Waals surface area contributed by atoms with Crippen LogP contribution < -0.4 is 5.32 Å². The van der Waals surface area contributed by atoms with E-state index >= 15 is 0 Å². The first-order valence-electron chi connectivity index (χ1n) is 5.65. The summed E-state index contributed by atoms with van der Waals surface area (Å²) in [7, 11) is 0. The number of hydrogen-bond donors (Lipinski definition) is 1. The van der Waals surface area contributed by atoms with Crippen LogP contribution >= 0.6 is 27.3 Å². The van der Waals surface area contributed by atoms with Crippen molar-refractivity contribution in [3.05, 3.63) is 50.1 Å². The Bertz CT molecular complexity index is 542. The molecule has 1 aromatic heterocycles. The molecule has 0 bridgehead atoms. The molecule has 0 saturated heterocycles. The van der Waals surface area contributed by atoms with Crippen molar-refractivity contribution in [2.45, 2.75) is 26.4 Å². The molecule has 0 fully saturated rings. The van der Waals surface area contributed by atoms with Crippen molar-refractivity contribution >= 4 is 27.3 Å². The van der Waals surface area contributed by atoms with Gasteiger partial charge in [-0.2, -0.15) is 0 Å². The molecule has 0 amide bonds. The van der Waals surface area contributed by atoms with Crippen molar-refractivity contribution < 1.29 is 4.39 Å². The number of aromatic nitrogens is 1. The highest BCUT2D eigenvalue weighted by Crippen LogP contribution is 2.20. The van der Waals surface area contributed by atoms with Crippen LogP contribution in [0.5, 0.6) is 0 Å². The van der Waals surface area contributed by atoms with Gasteiger partial charge in [0, 0.05) is 17.6 Å². The Morgan fingerprint density at radius 1 is 1.50 bits per heavy atom. The van der Waals surface area contributed by atoms with Crippen LogP contribution in [0, 0.1) is 12.7 Å². The highest BCUT2D eigenvalue weighted by atomic mass is 79.9. The maximum atomic E-state index is 13.1. The van der Waals surface area contributed by atoms with Gasteiger partial charge in [0.15, 0.2) is 0 Å². The molecule has 2 aromatic rings. The van der Waals surface area contributed by atoms with Gasteiger partial charge in [0.1, 0.15) is 10.8 Å². The molecular weight excluding hydrogens is 315 g/mol. The normalized spacial score (nSPS) is 12.7. The van der Waals surface area contributed by atoms with Crippen molar-refractivity contribution in [1.29, 1.82) is 0 Å². The highest BCUT2D eigenvalue weighted by Gasteiger charge is 2.09. The minimum Gasteiger partial charge on any atom is -0.304 e. The summed E-state index contributed by atoms with van der Waals surface area (Å²) in [6.45, 7) is 4.76. The van der Waals surface area contributed by atoms with Gasteiger partial charge in [0.25, 0.3) is 0 Å². The van der Waals surface area contributed by atoms with Crippen molar-refractivity contribution in [2.75, 3.05) is 0 Å². The fourth-order valence-electron chi connectivity index (χ4n) is 1.58. The maximum absolute atomic E-state index is 13.1. The number of aryl methyl sites for hydroxylation is 1. The molecule has 5 heteroatoms. The summed E-state index contributed by atoms with van der Waals surface area (Å²) in [5.41, 5.74) is 2.09. The lowest BCUT2D eigenvalue weighted by molar-refractivity contribution is 0.568. The third kappa shape index (κ3) is 3.37. The second kappa shape index (κ2) is 5.91. The molecule has 1 heterocycles. The smallest absolute Gasteiger partial charge is 0.137 e. The standard InChI is InChI=1S/C13H14BrFN2S/c1-8-7-18-13(17-8)9(2)16-6-10-3-4-12(15)11(14)5-10/h3-5,7,9,16H,6H2,1-2H3. The average Bonchev–Trinajstić information content (AvgIpc) is 2.77. The Balaban J connectivity index is 1.97. The molecule has 1 N–H and O–H groups in total. The molecule has 1 atom stereocenters. The first kappa shape index (κ1) is 13.6. The van der Waals surface area contributed by atoms with E-state index in [-0.39, 0.29) is 11.9 Å². The Morgan fingerprint density at radius 2 is 2.28 bits per heavy atom. The summed E-state index contributed by atoms with van der Waals surface area (Å²) in [4.78, 5) is 4.44. The van der Waals surface area contributed by atoms with E-state index in [1.54, 1.807) is 23.5 Å². The molecule has 1 aromatic carbocycles. The van der Waals surface area contributed by atoms with Crippen LogP contribution in [0.1, 0.15) is 29.2 Å². The molecule has 0 aliphatic carbocycles. The van der Waals surface area contributed by atoms with Crippen LogP contribution in [0.4, 0.5) is 4.39 Å². The second-order valence-corrected chi connectivity index (χ2v) is 5.92. The molecule has 0 aliphatic rings. The SMILES string of the molecule is Cc1csc(C(C)NCc2ccc(F)c(Br)c2)n1. The number of hydrogen-bond acceptors (Lipinski definition) is 3.